The number of para-hydroxylation sites is 1. The van der Waals surface area contributed by atoms with E-state index in [1.165, 1.54) is 12.1 Å². The molecule has 0 N–H and O–H groups in total. The number of hydrogen-bond donors (Lipinski definition) is 0. The van der Waals surface area contributed by atoms with Crippen molar-refractivity contribution in [1.29, 1.82) is 0 Å². The third-order valence-electron chi connectivity index (χ3n) is 4.00. The molecule has 130 valence electrons. The van der Waals surface area contributed by atoms with Gasteiger partial charge in [0.1, 0.15) is 6.04 Å². The molecule has 3 rings (SSSR count). The highest BCUT2D eigenvalue weighted by atomic mass is 32.2. The van der Waals surface area contributed by atoms with Crippen molar-refractivity contribution < 1.29 is 18.7 Å². The lowest BCUT2D eigenvalue weighted by atomic mass is 10.2. The van der Waals surface area contributed by atoms with Crippen LogP contribution in [0.2, 0.25) is 0 Å². The van der Waals surface area contributed by atoms with Crippen LogP contribution >= 0.6 is 23.5 Å². The summed E-state index contributed by atoms with van der Waals surface area (Å²) in [6.07, 6.45) is 0. The zero-order valence-electron chi connectivity index (χ0n) is 13.2. The summed E-state index contributed by atoms with van der Waals surface area (Å²) in [5, 5.41) is 0. The molecule has 2 saturated heterocycles. The van der Waals surface area contributed by atoms with Crippen molar-refractivity contribution in [1.82, 2.24) is 9.80 Å². The van der Waals surface area contributed by atoms with Crippen LogP contribution in [-0.2, 0) is 9.59 Å². The smallest absolute Gasteiger partial charge is 0.261 e. The average Bonchev–Trinajstić information content (AvgIpc) is 3.10. The van der Waals surface area contributed by atoms with Gasteiger partial charge in [0.25, 0.3) is 5.91 Å². The molecule has 0 aromatic heterocycles. The van der Waals surface area contributed by atoms with Crippen molar-refractivity contribution >= 4 is 35.3 Å². The van der Waals surface area contributed by atoms with Gasteiger partial charge in [-0.3, -0.25) is 9.59 Å². The third kappa shape index (κ3) is 3.97. The molecule has 1 aromatic carbocycles. The summed E-state index contributed by atoms with van der Waals surface area (Å²) in [4.78, 5) is 28.5. The van der Waals surface area contributed by atoms with E-state index in [1.54, 1.807) is 28.8 Å². The number of nitrogens with zero attached hydrogens (tertiary/aromatic N) is 2. The number of benzene rings is 1. The van der Waals surface area contributed by atoms with Gasteiger partial charge in [-0.1, -0.05) is 12.1 Å². The maximum absolute atomic E-state index is 13.5. The predicted molar refractivity (Wildman–Crippen MR) is 93.8 cm³/mol. The number of halogens is 1. The van der Waals surface area contributed by atoms with Gasteiger partial charge in [0.15, 0.2) is 18.2 Å². The van der Waals surface area contributed by atoms with E-state index < -0.39 is 11.9 Å². The molecule has 2 aliphatic heterocycles. The molecule has 2 heterocycles. The fourth-order valence-corrected chi connectivity index (χ4v) is 4.75. The maximum atomic E-state index is 13.5. The Bertz CT molecular complexity index is 611. The van der Waals surface area contributed by atoms with Gasteiger partial charge in [-0.05, 0) is 12.1 Å². The van der Waals surface area contributed by atoms with E-state index in [-0.39, 0.29) is 24.2 Å². The molecule has 0 bridgehead atoms. The standard InChI is InChI=1S/C16H19FN2O3S2/c17-12-3-1-2-4-14(12)22-9-15(20)19-11-24-10-13(19)16(21)18-5-7-23-8-6-18/h1-4,13H,5-11H2/t13-/m1/s1. The van der Waals surface area contributed by atoms with Gasteiger partial charge >= 0.3 is 0 Å². The molecule has 2 aliphatic rings. The Morgan fingerprint density at radius 1 is 1.21 bits per heavy atom. The normalized spacial score (nSPS) is 21.0. The second kappa shape index (κ2) is 8.11. The molecular weight excluding hydrogens is 351 g/mol. The van der Waals surface area contributed by atoms with Gasteiger partial charge in [0.05, 0.1) is 5.88 Å². The molecule has 2 fully saturated rings. The molecule has 1 aromatic rings. The number of amides is 2. The number of thioether (sulfide) groups is 2. The van der Waals surface area contributed by atoms with Crippen molar-refractivity contribution in [3.8, 4) is 5.75 Å². The summed E-state index contributed by atoms with van der Waals surface area (Å²) >= 11 is 3.40. The molecule has 0 unspecified atom stereocenters. The molecule has 1 atom stereocenters. The molecule has 0 saturated carbocycles. The Morgan fingerprint density at radius 2 is 1.96 bits per heavy atom. The van der Waals surface area contributed by atoms with Crippen LogP contribution in [0.5, 0.6) is 5.75 Å². The van der Waals surface area contributed by atoms with E-state index in [0.717, 1.165) is 24.6 Å². The fourth-order valence-electron chi connectivity index (χ4n) is 2.67. The van der Waals surface area contributed by atoms with Gasteiger partial charge < -0.3 is 14.5 Å². The quantitative estimate of drug-likeness (QED) is 0.807. The maximum Gasteiger partial charge on any atom is 0.261 e. The summed E-state index contributed by atoms with van der Waals surface area (Å²) in [7, 11) is 0. The van der Waals surface area contributed by atoms with Crippen molar-refractivity contribution in [2.75, 3.05) is 42.8 Å². The summed E-state index contributed by atoms with van der Waals surface area (Å²) in [6.45, 7) is 1.21. The van der Waals surface area contributed by atoms with E-state index in [2.05, 4.69) is 0 Å². The van der Waals surface area contributed by atoms with Crippen LogP contribution in [0.4, 0.5) is 4.39 Å². The van der Waals surface area contributed by atoms with Crippen LogP contribution in [-0.4, -0.2) is 70.5 Å². The molecule has 24 heavy (non-hydrogen) atoms. The first kappa shape index (κ1) is 17.4. The van der Waals surface area contributed by atoms with Crippen molar-refractivity contribution in [2.24, 2.45) is 0 Å². The molecule has 0 aliphatic carbocycles. The highest BCUT2D eigenvalue weighted by Crippen LogP contribution is 2.24. The van der Waals surface area contributed by atoms with Gasteiger partial charge in [0, 0.05) is 30.3 Å². The zero-order chi connectivity index (χ0) is 16.9. The Hall–Kier alpha value is -1.41. The highest BCUT2D eigenvalue weighted by molar-refractivity contribution is 7.99. The van der Waals surface area contributed by atoms with Crippen LogP contribution < -0.4 is 4.74 Å². The Balaban J connectivity index is 1.59. The number of hydrogen-bond acceptors (Lipinski definition) is 5. The van der Waals surface area contributed by atoms with Gasteiger partial charge in [-0.25, -0.2) is 4.39 Å². The summed E-state index contributed by atoms with van der Waals surface area (Å²) in [5.74, 6) is 2.24. The molecule has 8 heteroatoms. The monoisotopic (exact) mass is 370 g/mol. The first-order valence-electron chi connectivity index (χ1n) is 7.78. The van der Waals surface area contributed by atoms with Crippen molar-refractivity contribution in [2.45, 2.75) is 6.04 Å². The summed E-state index contributed by atoms with van der Waals surface area (Å²) in [6, 6.07) is 5.54. The zero-order valence-corrected chi connectivity index (χ0v) is 14.8. The van der Waals surface area contributed by atoms with Crippen LogP contribution in [0.1, 0.15) is 0 Å². The lowest BCUT2D eigenvalue weighted by Crippen LogP contribution is -2.51. The highest BCUT2D eigenvalue weighted by Gasteiger charge is 2.37. The van der Waals surface area contributed by atoms with Crippen LogP contribution in [0.3, 0.4) is 0 Å². The fraction of sp³-hybridized carbons (Fsp3) is 0.500. The van der Waals surface area contributed by atoms with E-state index >= 15 is 0 Å². The number of rotatable bonds is 4. The predicted octanol–water partition coefficient (Wildman–Crippen LogP) is 1.68. The number of carbonyl (C=O) groups excluding carboxylic acids is 2. The topological polar surface area (TPSA) is 49.9 Å². The second-order valence-corrected chi connectivity index (χ2v) is 7.76. The van der Waals surface area contributed by atoms with E-state index in [9.17, 15) is 14.0 Å². The number of carbonyl (C=O) groups is 2. The third-order valence-corrected chi connectivity index (χ3v) is 5.95. The summed E-state index contributed by atoms with van der Waals surface area (Å²) in [5.41, 5.74) is 0. The van der Waals surface area contributed by atoms with Crippen LogP contribution in [0, 0.1) is 5.82 Å². The molecule has 2 amide bonds. The minimum Gasteiger partial charge on any atom is -0.481 e. The van der Waals surface area contributed by atoms with Gasteiger partial charge in [-0.2, -0.15) is 11.8 Å². The Kier molecular flexibility index (Phi) is 5.89. The SMILES string of the molecule is O=C([C@H]1CSCN1C(=O)COc1ccccc1F)N1CCSCC1. The summed E-state index contributed by atoms with van der Waals surface area (Å²) < 4.78 is 18.8. The minimum absolute atomic E-state index is 0.0135. The molecular formula is C16H19FN2O3S2. The first-order valence-corrected chi connectivity index (χ1v) is 10.1. The molecule has 0 radical (unpaired) electrons. The van der Waals surface area contributed by atoms with Gasteiger partial charge in [-0.15, -0.1) is 11.8 Å². The average molecular weight is 370 g/mol. The van der Waals surface area contributed by atoms with Crippen molar-refractivity contribution in [3.63, 3.8) is 0 Å². The minimum atomic E-state index is -0.500. The lowest BCUT2D eigenvalue weighted by Gasteiger charge is -2.31. The van der Waals surface area contributed by atoms with Crippen LogP contribution in [0.25, 0.3) is 0 Å². The van der Waals surface area contributed by atoms with Crippen LogP contribution in [0.15, 0.2) is 24.3 Å². The lowest BCUT2D eigenvalue weighted by molar-refractivity contribution is -0.144. The largest absolute Gasteiger partial charge is 0.481 e. The number of ether oxygens (including phenoxy) is 1. The van der Waals surface area contributed by atoms with E-state index in [1.807, 2.05) is 16.7 Å². The molecule has 5 nitrogen and oxygen atoms in total. The van der Waals surface area contributed by atoms with Gasteiger partial charge in [0.2, 0.25) is 5.91 Å². The molecule has 0 spiro atoms. The van der Waals surface area contributed by atoms with E-state index in [0.29, 0.717) is 11.6 Å². The first-order chi connectivity index (χ1) is 11.7. The second-order valence-electron chi connectivity index (χ2n) is 5.54. The van der Waals surface area contributed by atoms with Crippen molar-refractivity contribution in [3.05, 3.63) is 30.1 Å². The van der Waals surface area contributed by atoms with E-state index in [4.69, 9.17) is 4.74 Å². The Morgan fingerprint density at radius 3 is 2.71 bits per heavy atom. The Labute approximate surface area is 148 Å².